The SMILES string of the molecule is CCC(C(=O)NC1CCCC1)N(CCc1ccccc1)C(=O)CN(c1ccc(Cl)cc1)S(=O)(=O)c1ccc(OC)cc1. The Morgan fingerprint density at radius 2 is 1.62 bits per heavy atom. The molecule has 1 unspecified atom stereocenters. The van der Waals surface area contributed by atoms with E-state index < -0.39 is 28.5 Å². The molecular weight excluding hydrogens is 574 g/mol. The van der Waals surface area contributed by atoms with Gasteiger partial charge in [0.2, 0.25) is 11.8 Å². The van der Waals surface area contributed by atoms with Gasteiger partial charge in [0.25, 0.3) is 10.0 Å². The van der Waals surface area contributed by atoms with Gasteiger partial charge in [-0.2, -0.15) is 0 Å². The number of sulfonamides is 1. The quantitative estimate of drug-likeness (QED) is 0.277. The number of anilines is 1. The van der Waals surface area contributed by atoms with E-state index in [1.54, 1.807) is 36.4 Å². The van der Waals surface area contributed by atoms with Gasteiger partial charge < -0.3 is 15.0 Å². The molecule has 2 amide bonds. The Labute approximate surface area is 253 Å². The third-order valence-corrected chi connectivity index (χ3v) is 9.65. The summed E-state index contributed by atoms with van der Waals surface area (Å²) in [4.78, 5) is 29.2. The first-order valence-corrected chi connectivity index (χ1v) is 16.1. The lowest BCUT2D eigenvalue weighted by atomic mass is 10.1. The molecule has 0 heterocycles. The molecule has 1 atom stereocenters. The first-order valence-electron chi connectivity index (χ1n) is 14.3. The number of carbonyl (C=O) groups excluding carboxylic acids is 2. The minimum Gasteiger partial charge on any atom is -0.497 e. The largest absolute Gasteiger partial charge is 0.497 e. The van der Waals surface area contributed by atoms with Gasteiger partial charge in [-0.25, -0.2) is 8.42 Å². The van der Waals surface area contributed by atoms with Crippen molar-refractivity contribution in [3.05, 3.63) is 89.4 Å². The number of carbonyl (C=O) groups is 2. The van der Waals surface area contributed by atoms with Gasteiger partial charge in [0, 0.05) is 17.6 Å². The van der Waals surface area contributed by atoms with Crippen molar-refractivity contribution in [3.8, 4) is 5.75 Å². The highest BCUT2D eigenvalue weighted by atomic mass is 35.5. The Balaban J connectivity index is 1.67. The van der Waals surface area contributed by atoms with Crippen LogP contribution in [0.5, 0.6) is 5.75 Å². The molecule has 42 heavy (non-hydrogen) atoms. The van der Waals surface area contributed by atoms with Crippen LogP contribution in [-0.2, 0) is 26.0 Å². The van der Waals surface area contributed by atoms with Gasteiger partial charge in [0.05, 0.1) is 17.7 Å². The molecule has 3 aromatic rings. The fourth-order valence-electron chi connectivity index (χ4n) is 5.27. The van der Waals surface area contributed by atoms with E-state index in [-0.39, 0.29) is 29.1 Å². The molecule has 0 aromatic heterocycles. The second-order valence-corrected chi connectivity index (χ2v) is 12.7. The van der Waals surface area contributed by atoms with Gasteiger partial charge in [0.15, 0.2) is 0 Å². The van der Waals surface area contributed by atoms with Crippen LogP contribution < -0.4 is 14.4 Å². The maximum absolute atomic E-state index is 14.1. The van der Waals surface area contributed by atoms with Crippen molar-refractivity contribution < 1.29 is 22.7 Å². The van der Waals surface area contributed by atoms with Crippen molar-refractivity contribution in [3.63, 3.8) is 0 Å². The van der Waals surface area contributed by atoms with Crippen molar-refractivity contribution in [2.45, 2.75) is 62.4 Å². The molecule has 4 rings (SSSR count). The molecule has 1 fully saturated rings. The Bertz CT molecular complexity index is 1430. The summed E-state index contributed by atoms with van der Waals surface area (Å²) in [5.41, 5.74) is 1.30. The fourth-order valence-corrected chi connectivity index (χ4v) is 6.81. The molecule has 8 nitrogen and oxygen atoms in total. The van der Waals surface area contributed by atoms with E-state index in [1.807, 2.05) is 37.3 Å². The van der Waals surface area contributed by atoms with E-state index >= 15 is 0 Å². The second kappa shape index (κ2) is 14.6. The smallest absolute Gasteiger partial charge is 0.264 e. The lowest BCUT2D eigenvalue weighted by Crippen LogP contribution is -2.54. The highest BCUT2D eigenvalue weighted by Crippen LogP contribution is 2.27. The summed E-state index contributed by atoms with van der Waals surface area (Å²) in [7, 11) is -2.67. The first-order chi connectivity index (χ1) is 20.2. The number of ether oxygens (including phenoxy) is 1. The van der Waals surface area contributed by atoms with Crippen molar-refractivity contribution in [1.82, 2.24) is 10.2 Å². The minimum atomic E-state index is -4.17. The van der Waals surface area contributed by atoms with Crippen LogP contribution in [0.2, 0.25) is 5.02 Å². The molecule has 1 N–H and O–H groups in total. The minimum absolute atomic E-state index is 0.00732. The van der Waals surface area contributed by atoms with Crippen LogP contribution in [0.4, 0.5) is 5.69 Å². The summed E-state index contributed by atoms with van der Waals surface area (Å²) in [5, 5.41) is 3.57. The normalized spacial score (nSPS) is 14.3. The van der Waals surface area contributed by atoms with E-state index in [1.165, 1.54) is 24.1 Å². The Morgan fingerprint density at radius 1 is 0.976 bits per heavy atom. The third kappa shape index (κ3) is 7.83. The molecule has 0 saturated heterocycles. The van der Waals surface area contributed by atoms with E-state index in [9.17, 15) is 18.0 Å². The Morgan fingerprint density at radius 3 is 2.21 bits per heavy atom. The van der Waals surface area contributed by atoms with Gasteiger partial charge >= 0.3 is 0 Å². The van der Waals surface area contributed by atoms with E-state index in [0.717, 1.165) is 35.6 Å². The molecule has 224 valence electrons. The van der Waals surface area contributed by atoms with Crippen LogP contribution in [0.15, 0.2) is 83.8 Å². The zero-order valence-electron chi connectivity index (χ0n) is 24.0. The van der Waals surface area contributed by atoms with Gasteiger partial charge in [-0.05, 0) is 79.8 Å². The van der Waals surface area contributed by atoms with Crippen LogP contribution in [-0.4, -0.2) is 57.4 Å². The van der Waals surface area contributed by atoms with Gasteiger partial charge in [-0.15, -0.1) is 0 Å². The molecule has 1 saturated carbocycles. The number of rotatable bonds is 13. The van der Waals surface area contributed by atoms with Gasteiger partial charge in [0.1, 0.15) is 18.3 Å². The third-order valence-electron chi connectivity index (χ3n) is 7.61. The summed E-state index contributed by atoms with van der Waals surface area (Å²) in [5.74, 6) is -0.164. The standard InChI is InChI=1S/C32H38ClN3O5S/c1-3-30(32(38)34-26-11-7-8-12-26)35(22-21-24-9-5-4-6-10-24)31(37)23-36(27-15-13-25(33)14-16-27)42(39,40)29-19-17-28(41-2)18-20-29/h4-6,9-10,13-20,26,30H,3,7-8,11-12,21-23H2,1-2H3,(H,34,38). The van der Waals surface area contributed by atoms with E-state index in [2.05, 4.69) is 5.32 Å². The number of hydrogen-bond acceptors (Lipinski definition) is 5. The van der Waals surface area contributed by atoms with E-state index in [4.69, 9.17) is 16.3 Å². The van der Waals surface area contributed by atoms with E-state index in [0.29, 0.717) is 23.6 Å². The van der Waals surface area contributed by atoms with Crippen molar-refractivity contribution in [1.29, 1.82) is 0 Å². The summed E-state index contributed by atoms with van der Waals surface area (Å²) < 4.78 is 34.2. The molecule has 0 aliphatic heterocycles. The van der Waals surface area contributed by atoms with Crippen LogP contribution in [0, 0.1) is 0 Å². The number of nitrogens with zero attached hydrogens (tertiary/aromatic N) is 2. The summed E-state index contributed by atoms with van der Waals surface area (Å²) in [6, 6.07) is 21.4. The number of halogens is 1. The average Bonchev–Trinajstić information content (AvgIpc) is 3.52. The molecule has 1 aliphatic rings. The highest BCUT2D eigenvalue weighted by molar-refractivity contribution is 7.92. The molecule has 0 bridgehead atoms. The van der Waals surface area contributed by atoms with Crippen LogP contribution >= 0.6 is 11.6 Å². The monoisotopic (exact) mass is 611 g/mol. The number of amides is 2. The molecular formula is C32H38ClN3O5S. The summed E-state index contributed by atoms with van der Waals surface area (Å²) in [6.07, 6.45) is 4.89. The van der Waals surface area contributed by atoms with Crippen molar-refractivity contribution in [2.24, 2.45) is 0 Å². The maximum atomic E-state index is 14.1. The molecule has 0 spiro atoms. The van der Waals surface area contributed by atoms with Gasteiger partial charge in [-0.1, -0.05) is 61.7 Å². The zero-order chi connectivity index (χ0) is 30.1. The Kier molecular flexibility index (Phi) is 10.9. The highest BCUT2D eigenvalue weighted by Gasteiger charge is 2.34. The predicted octanol–water partition coefficient (Wildman–Crippen LogP) is 5.45. The number of nitrogens with one attached hydrogen (secondary N) is 1. The van der Waals surface area contributed by atoms with Crippen molar-refractivity contribution >= 4 is 39.1 Å². The number of benzene rings is 3. The fraction of sp³-hybridized carbons (Fsp3) is 0.375. The lowest BCUT2D eigenvalue weighted by molar-refractivity contribution is -0.139. The average molecular weight is 612 g/mol. The lowest BCUT2D eigenvalue weighted by Gasteiger charge is -2.33. The summed E-state index contributed by atoms with van der Waals surface area (Å²) in [6.45, 7) is 1.64. The maximum Gasteiger partial charge on any atom is 0.264 e. The molecule has 0 radical (unpaired) electrons. The van der Waals surface area contributed by atoms with Crippen LogP contribution in [0.25, 0.3) is 0 Å². The second-order valence-electron chi connectivity index (χ2n) is 10.4. The van der Waals surface area contributed by atoms with Crippen LogP contribution in [0.3, 0.4) is 0 Å². The summed E-state index contributed by atoms with van der Waals surface area (Å²) >= 11 is 6.10. The number of hydrogen-bond donors (Lipinski definition) is 1. The molecule has 1 aliphatic carbocycles. The predicted molar refractivity (Wildman–Crippen MR) is 165 cm³/mol. The molecule has 10 heteroatoms. The van der Waals surface area contributed by atoms with Crippen LogP contribution in [0.1, 0.15) is 44.6 Å². The first kappa shape index (κ1) is 31.4. The van der Waals surface area contributed by atoms with Crippen molar-refractivity contribution in [2.75, 3.05) is 24.5 Å². The number of methoxy groups -OCH3 is 1. The van der Waals surface area contributed by atoms with Gasteiger partial charge in [-0.3, -0.25) is 13.9 Å². The molecule has 3 aromatic carbocycles. The topological polar surface area (TPSA) is 96.0 Å². The Hall–Kier alpha value is -3.56. The zero-order valence-corrected chi connectivity index (χ0v) is 25.6.